The summed E-state index contributed by atoms with van der Waals surface area (Å²) in [6, 6.07) is 2.64. The number of rotatable bonds is 7. The Morgan fingerprint density at radius 2 is 2.00 bits per heavy atom. The molecule has 0 bridgehead atoms. The number of hydrogen-bond acceptors (Lipinski definition) is 5. The number of nitrogens with zero attached hydrogens (tertiary/aromatic N) is 1. The first-order valence-electron chi connectivity index (χ1n) is 10.9. The van der Waals surface area contributed by atoms with Crippen molar-refractivity contribution in [2.45, 2.75) is 63.0 Å². The Bertz CT molecular complexity index is 1110. The monoisotopic (exact) mass is 446 g/mol. The number of aromatic nitrogens is 1. The molecule has 31 heavy (non-hydrogen) atoms. The van der Waals surface area contributed by atoms with E-state index in [0.717, 1.165) is 18.5 Å². The summed E-state index contributed by atoms with van der Waals surface area (Å²) in [5.41, 5.74) is 2.16. The zero-order chi connectivity index (χ0) is 22.3. The predicted molar refractivity (Wildman–Crippen MR) is 118 cm³/mol. The molecule has 1 heterocycles. The largest absolute Gasteiger partial charge is 0.388 e. The summed E-state index contributed by atoms with van der Waals surface area (Å²) >= 11 is 0. The van der Waals surface area contributed by atoms with Gasteiger partial charge in [-0.1, -0.05) is 13.8 Å². The zero-order valence-electron chi connectivity index (χ0n) is 18.1. The molecule has 9 heteroatoms. The van der Waals surface area contributed by atoms with Crippen LogP contribution < -0.4 is 15.4 Å². The number of aliphatic hydroxyl groups is 1. The van der Waals surface area contributed by atoms with Gasteiger partial charge >= 0.3 is 6.03 Å². The Hall–Kier alpha value is -2.23. The standard InChI is InChI=1S/C22H30N4O4S/c1-4-23-22(28)26-18-9-19(27)21-15(18)8-20(31(29,30)25-10-12(2)3)14-7-17(13-5-6-13)24-11-16(14)21/h7-8,11-13,18-19,25,27H,4-6,9-10H2,1-3H3,(H2,23,26,28). The molecule has 168 valence electrons. The molecule has 8 nitrogen and oxygen atoms in total. The molecule has 0 radical (unpaired) electrons. The minimum Gasteiger partial charge on any atom is -0.388 e. The number of carbonyl (C=O) groups excluding carboxylic acids is 1. The van der Waals surface area contributed by atoms with Gasteiger partial charge in [-0.05, 0) is 48.9 Å². The first-order chi connectivity index (χ1) is 14.7. The van der Waals surface area contributed by atoms with Crippen LogP contribution in [0.15, 0.2) is 23.2 Å². The van der Waals surface area contributed by atoms with Crippen molar-refractivity contribution in [1.29, 1.82) is 0 Å². The van der Waals surface area contributed by atoms with E-state index in [2.05, 4.69) is 20.3 Å². The molecule has 2 unspecified atom stereocenters. The highest BCUT2D eigenvalue weighted by Crippen LogP contribution is 2.46. The summed E-state index contributed by atoms with van der Waals surface area (Å²) in [5, 5.41) is 17.5. The number of aliphatic hydroxyl groups excluding tert-OH is 1. The Balaban J connectivity index is 1.86. The zero-order valence-corrected chi connectivity index (χ0v) is 18.9. The number of fused-ring (bicyclic) bond motifs is 3. The summed E-state index contributed by atoms with van der Waals surface area (Å²) in [7, 11) is -3.79. The average Bonchev–Trinajstić information content (AvgIpc) is 3.51. The van der Waals surface area contributed by atoms with Crippen LogP contribution in [0.1, 0.15) is 74.9 Å². The van der Waals surface area contributed by atoms with Gasteiger partial charge in [0.1, 0.15) is 0 Å². The van der Waals surface area contributed by atoms with Crippen LogP contribution in [0, 0.1) is 5.92 Å². The number of benzene rings is 1. The van der Waals surface area contributed by atoms with Crippen LogP contribution >= 0.6 is 0 Å². The SMILES string of the molecule is CCNC(=O)NC1CC(O)c2c1cc(S(=O)(=O)NCC(C)C)c1cc(C3CC3)ncc21. The fraction of sp³-hybridized carbons (Fsp3) is 0.545. The van der Waals surface area contributed by atoms with Gasteiger partial charge in [0, 0.05) is 48.1 Å². The minimum atomic E-state index is -3.79. The average molecular weight is 447 g/mol. The fourth-order valence-corrected chi connectivity index (χ4v) is 5.60. The van der Waals surface area contributed by atoms with E-state index < -0.39 is 22.2 Å². The molecule has 1 saturated carbocycles. The third-order valence-electron chi connectivity index (χ3n) is 5.86. The van der Waals surface area contributed by atoms with Crippen LogP contribution in [0.3, 0.4) is 0 Å². The van der Waals surface area contributed by atoms with E-state index in [1.54, 1.807) is 12.3 Å². The maximum atomic E-state index is 13.3. The molecule has 2 aliphatic carbocycles. The molecular formula is C22H30N4O4S. The Morgan fingerprint density at radius 1 is 1.26 bits per heavy atom. The van der Waals surface area contributed by atoms with Crippen LogP contribution in [0.5, 0.6) is 0 Å². The van der Waals surface area contributed by atoms with E-state index in [4.69, 9.17) is 0 Å². The lowest BCUT2D eigenvalue weighted by atomic mass is 9.99. The molecule has 2 aromatic rings. The lowest BCUT2D eigenvalue weighted by Crippen LogP contribution is -2.37. The van der Waals surface area contributed by atoms with Crippen molar-refractivity contribution >= 4 is 26.8 Å². The van der Waals surface area contributed by atoms with Crippen LogP contribution in [-0.2, 0) is 10.0 Å². The highest BCUT2D eigenvalue weighted by molar-refractivity contribution is 7.89. The van der Waals surface area contributed by atoms with Gasteiger partial charge in [0.2, 0.25) is 10.0 Å². The second-order valence-electron chi connectivity index (χ2n) is 8.86. The van der Waals surface area contributed by atoms with Gasteiger partial charge in [0.15, 0.2) is 0 Å². The maximum absolute atomic E-state index is 13.3. The molecule has 0 spiro atoms. The molecule has 2 atom stereocenters. The highest BCUT2D eigenvalue weighted by Gasteiger charge is 2.36. The third kappa shape index (κ3) is 4.40. The van der Waals surface area contributed by atoms with E-state index in [0.29, 0.717) is 40.9 Å². The van der Waals surface area contributed by atoms with Crippen LogP contribution in [0.4, 0.5) is 4.79 Å². The summed E-state index contributed by atoms with van der Waals surface area (Å²) < 4.78 is 29.2. The molecule has 4 N–H and O–H groups in total. The van der Waals surface area contributed by atoms with Crippen molar-refractivity contribution in [2.75, 3.05) is 13.1 Å². The topological polar surface area (TPSA) is 120 Å². The van der Waals surface area contributed by atoms with Crippen molar-refractivity contribution < 1.29 is 18.3 Å². The second-order valence-corrected chi connectivity index (χ2v) is 10.6. The molecule has 4 rings (SSSR count). The number of amides is 2. The van der Waals surface area contributed by atoms with Crippen molar-refractivity contribution in [3.05, 3.63) is 35.2 Å². The van der Waals surface area contributed by atoms with Gasteiger partial charge < -0.3 is 15.7 Å². The molecule has 2 aliphatic rings. The van der Waals surface area contributed by atoms with E-state index in [1.807, 2.05) is 26.8 Å². The number of hydrogen-bond donors (Lipinski definition) is 4. The van der Waals surface area contributed by atoms with Gasteiger partial charge in [-0.25, -0.2) is 17.9 Å². The summed E-state index contributed by atoms with van der Waals surface area (Å²) in [5.74, 6) is 0.530. The lowest BCUT2D eigenvalue weighted by Gasteiger charge is -2.18. The van der Waals surface area contributed by atoms with Crippen LogP contribution in [0.25, 0.3) is 10.8 Å². The smallest absolute Gasteiger partial charge is 0.315 e. The molecule has 1 aromatic carbocycles. The number of sulfonamides is 1. The van der Waals surface area contributed by atoms with Crippen molar-refractivity contribution in [1.82, 2.24) is 20.3 Å². The van der Waals surface area contributed by atoms with E-state index in [1.165, 1.54) is 0 Å². The van der Waals surface area contributed by atoms with Gasteiger partial charge in [0.25, 0.3) is 0 Å². The van der Waals surface area contributed by atoms with Crippen molar-refractivity contribution in [2.24, 2.45) is 5.92 Å². The Labute approximate surface area is 182 Å². The molecular weight excluding hydrogens is 416 g/mol. The molecule has 0 saturated heterocycles. The van der Waals surface area contributed by atoms with Crippen molar-refractivity contribution in [3.8, 4) is 0 Å². The second kappa shape index (κ2) is 8.37. The number of urea groups is 1. The molecule has 1 aromatic heterocycles. The summed E-state index contributed by atoms with van der Waals surface area (Å²) in [6.45, 7) is 6.50. The lowest BCUT2D eigenvalue weighted by molar-refractivity contribution is 0.170. The molecule has 2 amide bonds. The number of nitrogens with one attached hydrogen (secondary N) is 3. The Kier molecular flexibility index (Phi) is 5.93. The van der Waals surface area contributed by atoms with Gasteiger partial charge in [-0.15, -0.1) is 0 Å². The maximum Gasteiger partial charge on any atom is 0.315 e. The van der Waals surface area contributed by atoms with Gasteiger partial charge in [-0.2, -0.15) is 0 Å². The first-order valence-corrected chi connectivity index (χ1v) is 12.4. The summed E-state index contributed by atoms with van der Waals surface area (Å²) in [4.78, 5) is 16.9. The van der Waals surface area contributed by atoms with E-state index in [-0.39, 0.29) is 23.3 Å². The minimum absolute atomic E-state index is 0.160. The third-order valence-corrected chi connectivity index (χ3v) is 7.32. The van der Waals surface area contributed by atoms with E-state index in [9.17, 15) is 18.3 Å². The Morgan fingerprint density at radius 3 is 2.65 bits per heavy atom. The quantitative estimate of drug-likeness (QED) is 0.521. The highest BCUT2D eigenvalue weighted by atomic mass is 32.2. The van der Waals surface area contributed by atoms with Crippen molar-refractivity contribution in [3.63, 3.8) is 0 Å². The summed E-state index contributed by atoms with van der Waals surface area (Å²) in [6.07, 6.45) is 3.27. The van der Waals surface area contributed by atoms with Crippen LogP contribution in [-0.4, -0.2) is 37.6 Å². The normalized spacial score (nSPS) is 20.8. The van der Waals surface area contributed by atoms with Crippen LogP contribution in [0.2, 0.25) is 0 Å². The fourth-order valence-electron chi connectivity index (χ4n) is 4.16. The molecule has 1 fully saturated rings. The number of carbonyl (C=O) groups is 1. The number of pyridine rings is 1. The van der Waals surface area contributed by atoms with Gasteiger partial charge in [0.05, 0.1) is 17.0 Å². The van der Waals surface area contributed by atoms with E-state index >= 15 is 0 Å². The predicted octanol–water partition coefficient (Wildman–Crippen LogP) is 2.84. The molecule has 0 aliphatic heterocycles. The first kappa shape index (κ1) is 22.0. The van der Waals surface area contributed by atoms with Gasteiger partial charge in [-0.3, -0.25) is 4.98 Å².